The third-order valence-corrected chi connectivity index (χ3v) is 4.11. The standard InChI is InChI=1S/C16H25BrN2O/c1-14(2)13-19-9-7-18(8-10-19)11-12-20-16-5-3-15(17)4-6-16/h3-6,14H,7-13H2,1-2H3. The average molecular weight is 341 g/mol. The Hall–Kier alpha value is -0.580. The highest BCUT2D eigenvalue weighted by Crippen LogP contribution is 2.16. The molecule has 0 aromatic heterocycles. The fourth-order valence-corrected chi connectivity index (χ4v) is 2.80. The van der Waals surface area contributed by atoms with E-state index >= 15 is 0 Å². The second kappa shape index (κ2) is 8.01. The molecule has 112 valence electrons. The Labute approximate surface area is 131 Å². The van der Waals surface area contributed by atoms with Crippen LogP contribution in [0.5, 0.6) is 5.75 Å². The summed E-state index contributed by atoms with van der Waals surface area (Å²) in [6, 6.07) is 8.04. The van der Waals surface area contributed by atoms with E-state index in [2.05, 4.69) is 39.6 Å². The molecular formula is C16H25BrN2O. The molecule has 1 aromatic carbocycles. The second-order valence-electron chi connectivity index (χ2n) is 5.84. The van der Waals surface area contributed by atoms with E-state index in [4.69, 9.17) is 4.74 Å². The normalized spacial score (nSPS) is 17.6. The number of ether oxygens (including phenoxy) is 1. The minimum atomic E-state index is 0.766. The smallest absolute Gasteiger partial charge is 0.119 e. The van der Waals surface area contributed by atoms with Crippen molar-refractivity contribution in [1.29, 1.82) is 0 Å². The van der Waals surface area contributed by atoms with Crippen LogP contribution in [0, 0.1) is 5.92 Å². The summed E-state index contributed by atoms with van der Waals surface area (Å²) >= 11 is 3.43. The molecular weight excluding hydrogens is 316 g/mol. The van der Waals surface area contributed by atoms with Crippen LogP contribution in [0.1, 0.15) is 13.8 Å². The lowest BCUT2D eigenvalue weighted by Crippen LogP contribution is -2.48. The van der Waals surface area contributed by atoms with Gasteiger partial charge in [-0.25, -0.2) is 0 Å². The van der Waals surface area contributed by atoms with Crippen molar-refractivity contribution < 1.29 is 4.74 Å². The first-order valence-electron chi connectivity index (χ1n) is 7.46. The van der Waals surface area contributed by atoms with Crippen LogP contribution in [0.4, 0.5) is 0 Å². The fraction of sp³-hybridized carbons (Fsp3) is 0.625. The fourth-order valence-electron chi connectivity index (χ4n) is 2.54. The zero-order valence-corrected chi connectivity index (χ0v) is 14.1. The molecule has 0 saturated carbocycles. The van der Waals surface area contributed by atoms with E-state index in [1.165, 1.54) is 19.6 Å². The SMILES string of the molecule is CC(C)CN1CCN(CCOc2ccc(Br)cc2)CC1. The van der Waals surface area contributed by atoms with Gasteiger partial charge in [-0.3, -0.25) is 4.90 Å². The number of benzene rings is 1. The van der Waals surface area contributed by atoms with Gasteiger partial charge in [-0.1, -0.05) is 29.8 Å². The summed E-state index contributed by atoms with van der Waals surface area (Å²) in [7, 11) is 0. The van der Waals surface area contributed by atoms with E-state index < -0.39 is 0 Å². The summed E-state index contributed by atoms with van der Waals surface area (Å²) in [5.41, 5.74) is 0. The molecule has 1 aromatic rings. The molecule has 0 N–H and O–H groups in total. The molecule has 3 nitrogen and oxygen atoms in total. The minimum absolute atomic E-state index is 0.766. The van der Waals surface area contributed by atoms with Gasteiger partial charge in [0.2, 0.25) is 0 Å². The highest BCUT2D eigenvalue weighted by atomic mass is 79.9. The van der Waals surface area contributed by atoms with Crippen LogP contribution in [0.15, 0.2) is 28.7 Å². The lowest BCUT2D eigenvalue weighted by atomic mass is 10.2. The molecule has 4 heteroatoms. The first-order valence-corrected chi connectivity index (χ1v) is 8.26. The van der Waals surface area contributed by atoms with Gasteiger partial charge in [-0.05, 0) is 30.2 Å². The van der Waals surface area contributed by atoms with Crippen LogP contribution < -0.4 is 4.74 Å². The topological polar surface area (TPSA) is 15.7 Å². The summed E-state index contributed by atoms with van der Waals surface area (Å²) in [6.07, 6.45) is 0. The quantitative estimate of drug-likeness (QED) is 0.791. The van der Waals surface area contributed by atoms with Gasteiger partial charge in [-0.2, -0.15) is 0 Å². The highest BCUT2D eigenvalue weighted by Gasteiger charge is 2.16. The second-order valence-corrected chi connectivity index (χ2v) is 6.75. The third kappa shape index (κ3) is 5.43. The van der Waals surface area contributed by atoms with Crippen molar-refractivity contribution in [3.8, 4) is 5.75 Å². The Morgan fingerprint density at radius 1 is 1.05 bits per heavy atom. The Bertz CT molecular complexity index is 386. The molecule has 20 heavy (non-hydrogen) atoms. The monoisotopic (exact) mass is 340 g/mol. The predicted octanol–water partition coefficient (Wildman–Crippen LogP) is 3.10. The van der Waals surface area contributed by atoms with Gasteiger partial charge in [0.25, 0.3) is 0 Å². The first kappa shape index (κ1) is 15.8. The lowest BCUT2D eigenvalue weighted by Gasteiger charge is -2.35. The molecule has 0 spiro atoms. The summed E-state index contributed by atoms with van der Waals surface area (Å²) in [5, 5.41) is 0. The van der Waals surface area contributed by atoms with E-state index in [0.717, 1.165) is 42.4 Å². The van der Waals surface area contributed by atoms with Crippen LogP contribution in [-0.2, 0) is 0 Å². The van der Waals surface area contributed by atoms with Gasteiger partial charge in [0.15, 0.2) is 0 Å². The number of hydrogen-bond acceptors (Lipinski definition) is 3. The molecule has 0 aliphatic carbocycles. The van der Waals surface area contributed by atoms with Gasteiger partial charge in [-0.15, -0.1) is 0 Å². The maximum atomic E-state index is 5.78. The zero-order valence-electron chi connectivity index (χ0n) is 12.5. The molecule has 1 aliphatic heterocycles. The van der Waals surface area contributed by atoms with Crippen molar-refractivity contribution >= 4 is 15.9 Å². The molecule has 0 bridgehead atoms. The van der Waals surface area contributed by atoms with Crippen LogP contribution in [0.25, 0.3) is 0 Å². The number of hydrogen-bond donors (Lipinski definition) is 0. The summed E-state index contributed by atoms with van der Waals surface area (Å²) in [4.78, 5) is 5.06. The number of nitrogens with zero attached hydrogens (tertiary/aromatic N) is 2. The Kier molecular flexibility index (Phi) is 6.33. The van der Waals surface area contributed by atoms with E-state index in [0.29, 0.717) is 0 Å². The predicted molar refractivity (Wildman–Crippen MR) is 87.4 cm³/mol. The number of rotatable bonds is 6. The van der Waals surface area contributed by atoms with Gasteiger partial charge in [0.1, 0.15) is 12.4 Å². The molecule has 1 aliphatic rings. The van der Waals surface area contributed by atoms with Crippen molar-refractivity contribution in [2.75, 3.05) is 45.9 Å². The van der Waals surface area contributed by atoms with E-state index in [1.807, 2.05) is 24.3 Å². The number of halogens is 1. The Balaban J connectivity index is 1.62. The van der Waals surface area contributed by atoms with Crippen molar-refractivity contribution in [2.45, 2.75) is 13.8 Å². The molecule has 0 unspecified atom stereocenters. The summed E-state index contributed by atoms with van der Waals surface area (Å²) < 4.78 is 6.87. The van der Waals surface area contributed by atoms with Crippen LogP contribution in [0.2, 0.25) is 0 Å². The molecule has 0 amide bonds. The van der Waals surface area contributed by atoms with Gasteiger partial charge in [0, 0.05) is 43.7 Å². The van der Waals surface area contributed by atoms with Crippen LogP contribution in [-0.4, -0.2) is 55.7 Å². The van der Waals surface area contributed by atoms with Crippen molar-refractivity contribution in [2.24, 2.45) is 5.92 Å². The molecule has 1 heterocycles. The minimum Gasteiger partial charge on any atom is -0.492 e. The largest absolute Gasteiger partial charge is 0.492 e. The molecule has 0 atom stereocenters. The molecule has 1 fully saturated rings. The van der Waals surface area contributed by atoms with E-state index in [9.17, 15) is 0 Å². The van der Waals surface area contributed by atoms with Crippen LogP contribution in [0.3, 0.4) is 0 Å². The number of piperazine rings is 1. The zero-order chi connectivity index (χ0) is 14.4. The maximum Gasteiger partial charge on any atom is 0.119 e. The van der Waals surface area contributed by atoms with Gasteiger partial charge < -0.3 is 9.64 Å². The molecule has 0 radical (unpaired) electrons. The maximum absolute atomic E-state index is 5.78. The first-order chi connectivity index (χ1) is 9.63. The Morgan fingerprint density at radius 3 is 2.25 bits per heavy atom. The third-order valence-electron chi connectivity index (χ3n) is 3.58. The Morgan fingerprint density at radius 2 is 1.65 bits per heavy atom. The summed E-state index contributed by atoms with van der Waals surface area (Å²) in [6.45, 7) is 12.3. The highest BCUT2D eigenvalue weighted by molar-refractivity contribution is 9.10. The van der Waals surface area contributed by atoms with Crippen molar-refractivity contribution in [3.05, 3.63) is 28.7 Å². The van der Waals surface area contributed by atoms with E-state index in [-0.39, 0.29) is 0 Å². The van der Waals surface area contributed by atoms with Crippen LogP contribution >= 0.6 is 15.9 Å². The molecule has 2 rings (SSSR count). The summed E-state index contributed by atoms with van der Waals surface area (Å²) in [5.74, 6) is 1.72. The van der Waals surface area contributed by atoms with E-state index in [1.54, 1.807) is 0 Å². The average Bonchev–Trinajstić information content (AvgIpc) is 2.42. The molecule has 1 saturated heterocycles. The van der Waals surface area contributed by atoms with Gasteiger partial charge in [0.05, 0.1) is 0 Å². The van der Waals surface area contributed by atoms with Crippen molar-refractivity contribution in [1.82, 2.24) is 9.80 Å². The van der Waals surface area contributed by atoms with Crippen molar-refractivity contribution in [3.63, 3.8) is 0 Å². The van der Waals surface area contributed by atoms with Gasteiger partial charge >= 0.3 is 0 Å². The lowest BCUT2D eigenvalue weighted by molar-refractivity contribution is 0.109.